The van der Waals surface area contributed by atoms with E-state index in [-0.39, 0.29) is 12.5 Å². The SMILES string of the molecule is NCC(C(=O)Nc1cccc(-c2nnn[nH]2)c1)c1ccccc1. The van der Waals surface area contributed by atoms with Gasteiger partial charge in [0.25, 0.3) is 0 Å². The van der Waals surface area contributed by atoms with Crippen LogP contribution in [0.3, 0.4) is 0 Å². The Hall–Kier alpha value is -3.06. The quantitative estimate of drug-likeness (QED) is 0.662. The molecule has 1 unspecified atom stereocenters. The molecule has 23 heavy (non-hydrogen) atoms. The molecule has 0 radical (unpaired) electrons. The Morgan fingerprint density at radius 2 is 2.00 bits per heavy atom. The predicted molar refractivity (Wildman–Crippen MR) is 86.5 cm³/mol. The molecule has 3 aromatic rings. The van der Waals surface area contributed by atoms with Crippen LogP contribution in [0, 0.1) is 0 Å². The number of nitrogens with one attached hydrogen (secondary N) is 2. The molecule has 3 rings (SSSR count). The number of nitrogens with zero attached hydrogens (tertiary/aromatic N) is 3. The molecule has 0 aliphatic carbocycles. The molecule has 0 aliphatic heterocycles. The Kier molecular flexibility index (Phi) is 4.39. The Morgan fingerprint density at radius 1 is 1.17 bits per heavy atom. The van der Waals surface area contributed by atoms with Crippen molar-refractivity contribution in [1.82, 2.24) is 20.6 Å². The summed E-state index contributed by atoms with van der Waals surface area (Å²) in [5.41, 5.74) is 8.12. The monoisotopic (exact) mass is 308 g/mol. The third-order valence-electron chi connectivity index (χ3n) is 3.50. The van der Waals surface area contributed by atoms with E-state index in [2.05, 4.69) is 25.9 Å². The van der Waals surface area contributed by atoms with Crippen LogP contribution >= 0.6 is 0 Å². The number of anilines is 1. The molecule has 1 atom stereocenters. The first kappa shape index (κ1) is 14.9. The maximum atomic E-state index is 12.5. The Morgan fingerprint density at radius 3 is 2.70 bits per heavy atom. The van der Waals surface area contributed by atoms with E-state index in [1.54, 1.807) is 6.07 Å². The maximum Gasteiger partial charge on any atom is 0.233 e. The van der Waals surface area contributed by atoms with Crippen molar-refractivity contribution in [2.45, 2.75) is 5.92 Å². The van der Waals surface area contributed by atoms with Crippen LogP contribution in [0.15, 0.2) is 54.6 Å². The smallest absolute Gasteiger partial charge is 0.233 e. The van der Waals surface area contributed by atoms with Gasteiger partial charge >= 0.3 is 0 Å². The Bertz CT molecular complexity index is 772. The largest absolute Gasteiger partial charge is 0.329 e. The van der Waals surface area contributed by atoms with Gasteiger partial charge in [-0.3, -0.25) is 4.79 Å². The molecule has 1 amide bonds. The van der Waals surface area contributed by atoms with Crippen molar-refractivity contribution in [2.75, 3.05) is 11.9 Å². The van der Waals surface area contributed by atoms with Gasteiger partial charge in [-0.15, -0.1) is 5.10 Å². The normalized spacial score (nSPS) is 11.9. The van der Waals surface area contributed by atoms with Crippen LogP contribution in [0.25, 0.3) is 11.4 Å². The van der Waals surface area contributed by atoms with Crippen LogP contribution in [-0.4, -0.2) is 33.1 Å². The van der Waals surface area contributed by atoms with E-state index in [1.165, 1.54) is 0 Å². The lowest BCUT2D eigenvalue weighted by Gasteiger charge is -2.15. The minimum atomic E-state index is -0.396. The summed E-state index contributed by atoms with van der Waals surface area (Å²) in [6.45, 7) is 0.238. The van der Waals surface area contributed by atoms with Gasteiger partial charge in [-0.25, -0.2) is 5.10 Å². The van der Waals surface area contributed by atoms with Gasteiger partial charge in [0.15, 0.2) is 5.82 Å². The Labute approximate surface area is 132 Å². The molecule has 0 saturated heterocycles. The molecule has 116 valence electrons. The van der Waals surface area contributed by atoms with Gasteiger partial charge < -0.3 is 11.1 Å². The van der Waals surface area contributed by atoms with Crippen LogP contribution in [-0.2, 0) is 4.79 Å². The van der Waals surface area contributed by atoms with E-state index in [4.69, 9.17) is 5.73 Å². The second-order valence-corrected chi connectivity index (χ2v) is 5.02. The molecule has 0 spiro atoms. The van der Waals surface area contributed by atoms with Crippen LogP contribution < -0.4 is 11.1 Å². The predicted octanol–water partition coefficient (Wildman–Crippen LogP) is 1.55. The number of aromatic amines is 1. The molecule has 4 N–H and O–H groups in total. The number of hydrogen-bond donors (Lipinski definition) is 3. The summed E-state index contributed by atoms with van der Waals surface area (Å²) in [6.07, 6.45) is 0. The number of hydrogen-bond acceptors (Lipinski definition) is 5. The molecule has 7 nitrogen and oxygen atoms in total. The molecule has 7 heteroatoms. The molecule has 0 saturated carbocycles. The van der Waals surface area contributed by atoms with Crippen molar-refractivity contribution in [1.29, 1.82) is 0 Å². The van der Waals surface area contributed by atoms with Gasteiger partial charge in [0.2, 0.25) is 5.91 Å². The third-order valence-corrected chi connectivity index (χ3v) is 3.50. The van der Waals surface area contributed by atoms with Gasteiger partial charge in [0.1, 0.15) is 0 Å². The average molecular weight is 308 g/mol. The number of amides is 1. The number of benzene rings is 2. The molecule has 1 aromatic heterocycles. The van der Waals surface area contributed by atoms with Gasteiger partial charge in [0, 0.05) is 17.8 Å². The maximum absolute atomic E-state index is 12.5. The van der Waals surface area contributed by atoms with E-state index in [0.29, 0.717) is 11.5 Å². The molecule has 0 aliphatic rings. The van der Waals surface area contributed by atoms with Gasteiger partial charge in [-0.2, -0.15) is 0 Å². The molecule has 0 bridgehead atoms. The highest BCUT2D eigenvalue weighted by molar-refractivity contribution is 5.96. The summed E-state index contributed by atoms with van der Waals surface area (Å²) in [4.78, 5) is 12.5. The van der Waals surface area contributed by atoms with Crippen molar-refractivity contribution >= 4 is 11.6 Å². The van der Waals surface area contributed by atoms with Crippen LogP contribution in [0.1, 0.15) is 11.5 Å². The van der Waals surface area contributed by atoms with Gasteiger partial charge in [-0.05, 0) is 28.1 Å². The highest BCUT2D eigenvalue weighted by Crippen LogP contribution is 2.21. The first-order chi connectivity index (χ1) is 11.3. The lowest BCUT2D eigenvalue weighted by atomic mass is 9.98. The number of H-pyrrole nitrogens is 1. The van der Waals surface area contributed by atoms with E-state index in [0.717, 1.165) is 11.1 Å². The molecular formula is C16H16N6O. The molecule has 1 heterocycles. The van der Waals surface area contributed by atoms with Crippen LogP contribution in [0.4, 0.5) is 5.69 Å². The summed E-state index contributed by atoms with van der Waals surface area (Å²) in [5, 5.41) is 16.5. The number of carbonyl (C=O) groups is 1. The summed E-state index contributed by atoms with van der Waals surface area (Å²) in [6, 6.07) is 16.8. The first-order valence-electron chi connectivity index (χ1n) is 7.18. The third kappa shape index (κ3) is 3.41. The number of aromatic nitrogens is 4. The summed E-state index contributed by atoms with van der Waals surface area (Å²) in [5.74, 6) is -0.00196. The minimum Gasteiger partial charge on any atom is -0.329 e. The average Bonchev–Trinajstić information content (AvgIpc) is 3.11. The van der Waals surface area contributed by atoms with Crippen molar-refractivity contribution in [3.8, 4) is 11.4 Å². The van der Waals surface area contributed by atoms with E-state index < -0.39 is 5.92 Å². The lowest BCUT2D eigenvalue weighted by molar-refractivity contribution is -0.117. The number of nitrogens with two attached hydrogens (primary N) is 1. The summed E-state index contributed by atoms with van der Waals surface area (Å²) >= 11 is 0. The number of rotatable bonds is 5. The number of carbonyl (C=O) groups excluding carboxylic acids is 1. The van der Waals surface area contributed by atoms with Crippen molar-refractivity contribution < 1.29 is 4.79 Å². The Balaban J connectivity index is 1.78. The minimum absolute atomic E-state index is 0.147. The van der Waals surface area contributed by atoms with Crippen molar-refractivity contribution in [3.05, 3.63) is 60.2 Å². The highest BCUT2D eigenvalue weighted by Gasteiger charge is 2.19. The highest BCUT2D eigenvalue weighted by atomic mass is 16.1. The van der Waals surface area contributed by atoms with Gasteiger partial charge in [0.05, 0.1) is 5.92 Å². The van der Waals surface area contributed by atoms with E-state index in [1.807, 2.05) is 48.5 Å². The fourth-order valence-corrected chi connectivity index (χ4v) is 2.33. The second kappa shape index (κ2) is 6.80. The summed E-state index contributed by atoms with van der Waals surface area (Å²) < 4.78 is 0. The number of tetrazole rings is 1. The van der Waals surface area contributed by atoms with Crippen molar-refractivity contribution in [2.24, 2.45) is 5.73 Å². The van der Waals surface area contributed by atoms with Crippen molar-refractivity contribution in [3.63, 3.8) is 0 Å². The molecular weight excluding hydrogens is 292 g/mol. The van der Waals surface area contributed by atoms with Crippen LogP contribution in [0.2, 0.25) is 0 Å². The van der Waals surface area contributed by atoms with Gasteiger partial charge in [-0.1, -0.05) is 42.5 Å². The van der Waals surface area contributed by atoms with E-state index >= 15 is 0 Å². The summed E-state index contributed by atoms with van der Waals surface area (Å²) in [7, 11) is 0. The molecule has 0 fully saturated rings. The molecule has 2 aromatic carbocycles. The standard InChI is InChI=1S/C16H16N6O/c17-10-14(11-5-2-1-3-6-11)16(23)18-13-8-4-7-12(9-13)15-19-21-22-20-15/h1-9,14H,10,17H2,(H,18,23)(H,19,20,21,22). The zero-order chi connectivity index (χ0) is 16.1. The topological polar surface area (TPSA) is 110 Å². The van der Waals surface area contributed by atoms with E-state index in [9.17, 15) is 4.79 Å². The fourth-order valence-electron chi connectivity index (χ4n) is 2.33. The second-order valence-electron chi connectivity index (χ2n) is 5.02. The zero-order valence-electron chi connectivity index (χ0n) is 12.3. The lowest BCUT2D eigenvalue weighted by Crippen LogP contribution is -2.27. The zero-order valence-corrected chi connectivity index (χ0v) is 12.3. The first-order valence-corrected chi connectivity index (χ1v) is 7.18. The fraction of sp³-hybridized carbons (Fsp3) is 0.125. The van der Waals surface area contributed by atoms with Crippen LogP contribution in [0.5, 0.6) is 0 Å².